The summed E-state index contributed by atoms with van der Waals surface area (Å²) in [5.74, 6) is 0.285. The number of methoxy groups -OCH3 is 1. The number of hydrogen-bond acceptors (Lipinski definition) is 3. The van der Waals surface area contributed by atoms with E-state index in [1.807, 2.05) is 25.1 Å². The van der Waals surface area contributed by atoms with Gasteiger partial charge in [0.05, 0.1) is 13.2 Å². The number of likely N-dealkylation sites (N-methyl/N-ethyl adjacent to an activating group) is 1. The number of ether oxygens (including phenoxy) is 1. The Morgan fingerprint density at radius 1 is 1.33 bits per heavy atom. The molecule has 0 radical (unpaired) electrons. The van der Waals surface area contributed by atoms with Crippen LogP contribution in [0.4, 0.5) is 13.2 Å². The third-order valence-electron chi connectivity index (χ3n) is 3.79. The maximum absolute atomic E-state index is 12.5. The molecule has 0 aliphatic rings. The highest BCUT2D eigenvalue weighted by atomic mass is 19.4. The van der Waals surface area contributed by atoms with Crippen molar-refractivity contribution in [3.05, 3.63) is 47.8 Å². The molecule has 24 heavy (non-hydrogen) atoms. The normalized spacial score (nSPS) is 12.8. The lowest BCUT2D eigenvalue weighted by molar-refractivity contribution is -0.142. The summed E-state index contributed by atoms with van der Waals surface area (Å²) in [6.07, 6.45) is -3.38. The van der Waals surface area contributed by atoms with E-state index in [0.717, 1.165) is 22.5 Å². The van der Waals surface area contributed by atoms with Crippen molar-refractivity contribution >= 4 is 5.91 Å². The fourth-order valence-electron chi connectivity index (χ4n) is 2.29. The predicted octanol–water partition coefficient (Wildman–Crippen LogP) is 3.13. The first-order valence-corrected chi connectivity index (χ1v) is 7.23. The molecule has 0 unspecified atom stereocenters. The second-order valence-electron chi connectivity index (χ2n) is 5.32. The van der Waals surface area contributed by atoms with E-state index in [9.17, 15) is 18.0 Å². The Morgan fingerprint density at radius 3 is 2.58 bits per heavy atom. The summed E-state index contributed by atoms with van der Waals surface area (Å²) in [4.78, 5) is 13.8. The van der Waals surface area contributed by atoms with Gasteiger partial charge >= 0.3 is 6.18 Å². The number of alkyl halides is 3. The van der Waals surface area contributed by atoms with Crippen LogP contribution in [0.5, 0.6) is 5.75 Å². The van der Waals surface area contributed by atoms with Gasteiger partial charge in [0.2, 0.25) is 5.91 Å². The topological polar surface area (TPSA) is 47.4 Å². The molecule has 8 heteroatoms. The smallest absolute Gasteiger partial charge is 0.435 e. The first-order valence-electron chi connectivity index (χ1n) is 7.23. The lowest BCUT2D eigenvalue weighted by atomic mass is 10.1. The summed E-state index contributed by atoms with van der Waals surface area (Å²) < 4.78 is 43.9. The fourth-order valence-corrected chi connectivity index (χ4v) is 2.29. The quantitative estimate of drug-likeness (QED) is 0.839. The van der Waals surface area contributed by atoms with Crippen molar-refractivity contribution in [2.75, 3.05) is 14.2 Å². The highest BCUT2D eigenvalue weighted by Crippen LogP contribution is 2.29. The van der Waals surface area contributed by atoms with Gasteiger partial charge in [-0.3, -0.25) is 9.48 Å². The number of para-hydroxylation sites is 1. The molecule has 0 saturated heterocycles. The Labute approximate surface area is 137 Å². The van der Waals surface area contributed by atoms with E-state index in [-0.39, 0.29) is 18.5 Å². The molecular formula is C16H18F3N3O2. The average Bonchev–Trinajstić information content (AvgIpc) is 3.02. The Bertz CT molecular complexity index is 713. The van der Waals surface area contributed by atoms with Gasteiger partial charge in [0.1, 0.15) is 12.3 Å². The van der Waals surface area contributed by atoms with Gasteiger partial charge in [-0.15, -0.1) is 0 Å². The monoisotopic (exact) mass is 341 g/mol. The van der Waals surface area contributed by atoms with Crippen LogP contribution in [0.2, 0.25) is 0 Å². The molecule has 2 rings (SSSR count). The van der Waals surface area contributed by atoms with Crippen molar-refractivity contribution in [2.24, 2.45) is 0 Å². The summed E-state index contributed by atoms with van der Waals surface area (Å²) in [6, 6.07) is 7.81. The first-order chi connectivity index (χ1) is 11.2. The summed E-state index contributed by atoms with van der Waals surface area (Å²) in [7, 11) is 3.13. The number of halogens is 3. The van der Waals surface area contributed by atoms with Crippen LogP contribution in [0.3, 0.4) is 0 Å². The summed E-state index contributed by atoms with van der Waals surface area (Å²) in [5.41, 5.74) is -0.206. The van der Waals surface area contributed by atoms with Gasteiger partial charge in [0.15, 0.2) is 5.69 Å². The molecule has 1 atom stereocenters. The molecule has 2 aromatic rings. The summed E-state index contributed by atoms with van der Waals surface area (Å²) in [5, 5.41) is 3.39. The van der Waals surface area contributed by atoms with Crippen molar-refractivity contribution in [1.29, 1.82) is 0 Å². The van der Waals surface area contributed by atoms with E-state index in [1.54, 1.807) is 13.1 Å². The molecule has 1 heterocycles. The Kier molecular flexibility index (Phi) is 5.16. The molecule has 0 bridgehead atoms. The molecule has 0 aliphatic carbocycles. The minimum atomic E-state index is -4.52. The maximum atomic E-state index is 12.5. The number of aromatic nitrogens is 2. The molecule has 5 nitrogen and oxygen atoms in total. The van der Waals surface area contributed by atoms with Crippen LogP contribution in [-0.2, 0) is 17.5 Å². The Hall–Kier alpha value is -2.51. The molecule has 0 spiro atoms. The minimum absolute atomic E-state index is 0.272. The van der Waals surface area contributed by atoms with Gasteiger partial charge in [0.25, 0.3) is 0 Å². The van der Waals surface area contributed by atoms with Crippen molar-refractivity contribution in [1.82, 2.24) is 14.7 Å². The zero-order valence-corrected chi connectivity index (χ0v) is 13.5. The third-order valence-corrected chi connectivity index (χ3v) is 3.79. The van der Waals surface area contributed by atoms with Gasteiger partial charge in [-0.05, 0) is 19.1 Å². The van der Waals surface area contributed by atoms with Gasteiger partial charge in [-0.1, -0.05) is 18.2 Å². The number of amides is 1. The number of nitrogens with zero attached hydrogens (tertiary/aromatic N) is 3. The van der Waals surface area contributed by atoms with Crippen LogP contribution in [0.1, 0.15) is 24.2 Å². The number of rotatable bonds is 5. The second-order valence-corrected chi connectivity index (χ2v) is 5.32. The SMILES string of the molecule is COc1ccccc1[C@H](C)N(C)C(=O)Cn1ccc(C(F)(F)F)n1. The number of hydrogen-bond donors (Lipinski definition) is 0. The predicted molar refractivity (Wildman–Crippen MR) is 81.4 cm³/mol. The highest BCUT2D eigenvalue weighted by Gasteiger charge is 2.33. The van der Waals surface area contributed by atoms with E-state index in [0.29, 0.717) is 5.75 Å². The van der Waals surface area contributed by atoms with Crippen LogP contribution in [0.25, 0.3) is 0 Å². The van der Waals surface area contributed by atoms with E-state index >= 15 is 0 Å². The first kappa shape index (κ1) is 17.8. The van der Waals surface area contributed by atoms with Gasteiger partial charge in [-0.2, -0.15) is 18.3 Å². The lowest BCUT2D eigenvalue weighted by Crippen LogP contribution is -2.33. The van der Waals surface area contributed by atoms with Gasteiger partial charge in [0, 0.05) is 18.8 Å². The Balaban J connectivity index is 2.10. The molecule has 0 aliphatic heterocycles. The molecule has 130 valence electrons. The number of benzene rings is 1. The molecule has 0 fully saturated rings. The molecule has 1 aromatic carbocycles. The van der Waals surface area contributed by atoms with Gasteiger partial charge in [-0.25, -0.2) is 0 Å². The van der Waals surface area contributed by atoms with Crippen LogP contribution < -0.4 is 4.74 Å². The van der Waals surface area contributed by atoms with Gasteiger partial charge < -0.3 is 9.64 Å². The fraction of sp³-hybridized carbons (Fsp3) is 0.375. The van der Waals surface area contributed by atoms with E-state index < -0.39 is 11.9 Å². The third kappa shape index (κ3) is 3.87. The minimum Gasteiger partial charge on any atom is -0.496 e. The number of carbonyl (C=O) groups excluding carboxylic acids is 1. The largest absolute Gasteiger partial charge is 0.496 e. The zero-order chi connectivity index (χ0) is 17.9. The van der Waals surface area contributed by atoms with Crippen LogP contribution in [0.15, 0.2) is 36.5 Å². The maximum Gasteiger partial charge on any atom is 0.435 e. The number of carbonyl (C=O) groups is 1. The summed E-state index contributed by atoms with van der Waals surface area (Å²) >= 11 is 0. The van der Waals surface area contributed by atoms with Crippen LogP contribution >= 0.6 is 0 Å². The molecule has 0 saturated carbocycles. The molecular weight excluding hydrogens is 323 g/mol. The van der Waals surface area contributed by atoms with E-state index in [4.69, 9.17) is 4.74 Å². The van der Waals surface area contributed by atoms with Crippen LogP contribution in [0, 0.1) is 0 Å². The summed E-state index contributed by atoms with van der Waals surface area (Å²) in [6.45, 7) is 1.55. The van der Waals surface area contributed by atoms with E-state index in [2.05, 4.69) is 5.10 Å². The van der Waals surface area contributed by atoms with E-state index in [1.165, 1.54) is 12.0 Å². The van der Waals surface area contributed by atoms with Crippen molar-refractivity contribution < 1.29 is 22.7 Å². The van der Waals surface area contributed by atoms with Crippen molar-refractivity contribution in [3.63, 3.8) is 0 Å². The Morgan fingerprint density at radius 2 is 2.00 bits per heavy atom. The van der Waals surface area contributed by atoms with Crippen molar-refractivity contribution in [3.8, 4) is 5.75 Å². The van der Waals surface area contributed by atoms with Crippen molar-refractivity contribution in [2.45, 2.75) is 25.7 Å². The lowest BCUT2D eigenvalue weighted by Gasteiger charge is -2.26. The zero-order valence-electron chi connectivity index (χ0n) is 13.5. The second kappa shape index (κ2) is 6.94. The standard InChI is InChI=1S/C16H18F3N3O2/c1-11(12-6-4-5-7-13(12)24-3)21(2)15(23)10-22-9-8-14(20-22)16(17,18)19/h4-9,11H,10H2,1-3H3/t11-/m0/s1. The molecule has 1 amide bonds. The van der Waals surface area contributed by atoms with Crippen LogP contribution in [-0.4, -0.2) is 34.7 Å². The molecule has 0 N–H and O–H groups in total. The molecule has 1 aromatic heterocycles. The highest BCUT2D eigenvalue weighted by molar-refractivity contribution is 5.76. The average molecular weight is 341 g/mol.